The van der Waals surface area contributed by atoms with Gasteiger partial charge in [-0.2, -0.15) is 0 Å². The fraction of sp³-hybridized carbons (Fsp3) is 0.188. The summed E-state index contributed by atoms with van der Waals surface area (Å²) in [6, 6.07) is 14.2. The second-order valence-corrected chi connectivity index (χ2v) is 8.82. The van der Waals surface area contributed by atoms with Gasteiger partial charge in [0.2, 0.25) is 3.79 Å². The monoisotopic (exact) mass is 407 g/mol. The van der Waals surface area contributed by atoms with E-state index in [9.17, 15) is 4.79 Å². The van der Waals surface area contributed by atoms with E-state index in [-0.39, 0.29) is 5.91 Å². The zero-order chi connectivity index (χ0) is 17.0. The van der Waals surface area contributed by atoms with Crippen LogP contribution in [0.4, 0.5) is 0 Å². The Balaban J connectivity index is 2.14. The molecule has 0 aliphatic carbocycles. The fourth-order valence-corrected chi connectivity index (χ4v) is 3.29. The third-order valence-electron chi connectivity index (χ3n) is 2.94. The highest BCUT2D eigenvalue weighted by molar-refractivity contribution is 8.00. The standard InChI is InChI=1S/C16H13Cl4NOS/c1-10-2-4-11(5-3-10)14(22)21-15(16(18,19)20)23-13-8-6-12(17)7-9-13/h2-9,15H,1H3,(H,21,22)/t15-/m1/s1. The highest BCUT2D eigenvalue weighted by Gasteiger charge is 2.35. The lowest BCUT2D eigenvalue weighted by molar-refractivity contribution is 0.0950. The normalized spacial score (nSPS) is 12.7. The Morgan fingerprint density at radius 2 is 1.61 bits per heavy atom. The number of thioether (sulfide) groups is 1. The van der Waals surface area contributed by atoms with Crippen LogP contribution in [0.15, 0.2) is 53.4 Å². The first kappa shape index (κ1) is 18.8. The van der Waals surface area contributed by atoms with Crippen molar-refractivity contribution in [1.29, 1.82) is 0 Å². The highest BCUT2D eigenvalue weighted by Crippen LogP contribution is 2.39. The number of amides is 1. The summed E-state index contributed by atoms with van der Waals surface area (Å²) in [7, 11) is 0. The van der Waals surface area contributed by atoms with E-state index in [1.54, 1.807) is 36.4 Å². The molecule has 0 unspecified atom stereocenters. The molecular formula is C16H13Cl4NOS. The predicted octanol–water partition coefficient (Wildman–Crippen LogP) is 5.87. The van der Waals surface area contributed by atoms with Crippen molar-refractivity contribution in [1.82, 2.24) is 5.32 Å². The molecule has 0 saturated heterocycles. The predicted molar refractivity (Wildman–Crippen MR) is 100 cm³/mol. The number of alkyl halides is 3. The van der Waals surface area contributed by atoms with Crippen LogP contribution in [-0.4, -0.2) is 15.1 Å². The molecular weight excluding hydrogens is 396 g/mol. The molecule has 0 fully saturated rings. The van der Waals surface area contributed by atoms with E-state index in [1.807, 2.05) is 19.1 Å². The van der Waals surface area contributed by atoms with Crippen LogP contribution in [0, 0.1) is 6.92 Å². The molecule has 1 N–H and O–H groups in total. The second kappa shape index (κ2) is 8.00. The Morgan fingerprint density at radius 3 is 2.13 bits per heavy atom. The van der Waals surface area contributed by atoms with Gasteiger partial charge in [-0.1, -0.05) is 75.9 Å². The van der Waals surface area contributed by atoms with E-state index in [1.165, 1.54) is 11.8 Å². The maximum absolute atomic E-state index is 12.3. The van der Waals surface area contributed by atoms with Crippen LogP contribution < -0.4 is 5.32 Å². The van der Waals surface area contributed by atoms with Crippen molar-refractivity contribution in [3.63, 3.8) is 0 Å². The third kappa shape index (κ3) is 5.77. The van der Waals surface area contributed by atoms with Gasteiger partial charge in [0.05, 0.1) is 0 Å². The second-order valence-electron chi connectivity index (χ2n) is 4.83. The molecule has 2 nitrogen and oxygen atoms in total. The zero-order valence-corrected chi connectivity index (χ0v) is 15.9. The van der Waals surface area contributed by atoms with E-state index in [0.717, 1.165) is 10.5 Å². The molecule has 1 amide bonds. The first-order chi connectivity index (χ1) is 10.8. The molecule has 0 aliphatic rings. The molecule has 2 aromatic carbocycles. The van der Waals surface area contributed by atoms with Gasteiger partial charge in [-0.25, -0.2) is 0 Å². The Kier molecular flexibility index (Phi) is 6.52. The maximum Gasteiger partial charge on any atom is 0.252 e. The van der Waals surface area contributed by atoms with Crippen LogP contribution in [0.2, 0.25) is 5.02 Å². The van der Waals surface area contributed by atoms with Gasteiger partial charge in [-0.15, -0.1) is 0 Å². The molecule has 0 bridgehead atoms. The van der Waals surface area contributed by atoms with Crippen molar-refractivity contribution in [2.45, 2.75) is 21.0 Å². The zero-order valence-electron chi connectivity index (χ0n) is 12.0. The van der Waals surface area contributed by atoms with Crippen molar-refractivity contribution in [3.05, 3.63) is 64.7 Å². The van der Waals surface area contributed by atoms with Crippen LogP contribution in [0.3, 0.4) is 0 Å². The molecule has 0 aliphatic heterocycles. The first-order valence-corrected chi connectivity index (χ1v) is 9.01. The molecule has 122 valence electrons. The summed E-state index contributed by atoms with van der Waals surface area (Å²) in [4.78, 5) is 13.2. The van der Waals surface area contributed by atoms with Crippen LogP contribution >= 0.6 is 58.2 Å². The first-order valence-electron chi connectivity index (χ1n) is 6.62. The number of benzene rings is 2. The SMILES string of the molecule is Cc1ccc(C(=O)N[C@H](Sc2ccc(Cl)cc2)C(Cl)(Cl)Cl)cc1. The molecule has 0 aromatic heterocycles. The Bertz CT molecular complexity index is 668. The summed E-state index contributed by atoms with van der Waals surface area (Å²) in [5.74, 6) is -0.303. The van der Waals surface area contributed by atoms with Crippen LogP contribution in [0.25, 0.3) is 0 Å². The number of aryl methyl sites for hydroxylation is 1. The summed E-state index contributed by atoms with van der Waals surface area (Å²) in [6.07, 6.45) is 0. The number of hydrogen-bond acceptors (Lipinski definition) is 2. The molecule has 0 heterocycles. The Hall–Kier alpha value is -0.580. The van der Waals surface area contributed by atoms with Gasteiger partial charge >= 0.3 is 0 Å². The minimum atomic E-state index is -1.66. The van der Waals surface area contributed by atoms with Gasteiger partial charge < -0.3 is 5.32 Å². The summed E-state index contributed by atoms with van der Waals surface area (Å²) in [5, 5.41) is 2.62. The number of hydrogen-bond donors (Lipinski definition) is 1. The summed E-state index contributed by atoms with van der Waals surface area (Å²) in [5.41, 5.74) is 1.57. The van der Waals surface area contributed by atoms with Crippen molar-refractivity contribution in [2.75, 3.05) is 0 Å². The van der Waals surface area contributed by atoms with E-state index >= 15 is 0 Å². The van der Waals surface area contributed by atoms with Gasteiger partial charge in [-0.3, -0.25) is 4.79 Å². The van der Waals surface area contributed by atoms with Crippen LogP contribution in [0.5, 0.6) is 0 Å². The molecule has 1 atom stereocenters. The van der Waals surface area contributed by atoms with Crippen molar-refractivity contribution in [2.24, 2.45) is 0 Å². The average molecular weight is 409 g/mol. The summed E-state index contributed by atoms with van der Waals surface area (Å²) in [6.45, 7) is 1.95. The van der Waals surface area contributed by atoms with Gasteiger partial charge in [-0.05, 0) is 43.3 Å². The topological polar surface area (TPSA) is 29.1 Å². The molecule has 2 rings (SSSR count). The van der Waals surface area contributed by atoms with Gasteiger partial charge in [0.1, 0.15) is 5.37 Å². The van der Waals surface area contributed by atoms with Gasteiger partial charge in [0.15, 0.2) is 0 Å². The highest BCUT2D eigenvalue weighted by atomic mass is 35.6. The fourth-order valence-electron chi connectivity index (χ4n) is 1.73. The third-order valence-corrected chi connectivity index (χ3v) is 5.49. The number of carbonyl (C=O) groups excluding carboxylic acids is 1. The Labute approximate surface area is 159 Å². The molecule has 7 heteroatoms. The number of nitrogens with one attached hydrogen (secondary N) is 1. The molecule has 23 heavy (non-hydrogen) atoms. The molecule has 2 aromatic rings. The Morgan fingerprint density at radius 1 is 1.04 bits per heavy atom. The number of halogens is 4. The average Bonchev–Trinajstić information content (AvgIpc) is 2.48. The maximum atomic E-state index is 12.3. The lowest BCUT2D eigenvalue weighted by atomic mass is 10.1. The van der Waals surface area contributed by atoms with Crippen molar-refractivity contribution < 1.29 is 4.79 Å². The van der Waals surface area contributed by atoms with E-state index in [4.69, 9.17) is 46.4 Å². The number of carbonyl (C=O) groups is 1. The largest absolute Gasteiger partial charge is 0.336 e. The van der Waals surface area contributed by atoms with Gasteiger partial charge in [0.25, 0.3) is 5.91 Å². The van der Waals surface area contributed by atoms with E-state index < -0.39 is 9.17 Å². The molecule has 0 saturated carbocycles. The minimum absolute atomic E-state index is 0.303. The van der Waals surface area contributed by atoms with Crippen molar-refractivity contribution in [3.8, 4) is 0 Å². The quantitative estimate of drug-likeness (QED) is 0.389. The van der Waals surface area contributed by atoms with E-state index in [2.05, 4.69) is 5.32 Å². The number of rotatable bonds is 4. The summed E-state index contributed by atoms with van der Waals surface area (Å²) < 4.78 is -1.66. The minimum Gasteiger partial charge on any atom is -0.336 e. The molecule has 0 radical (unpaired) electrons. The lowest BCUT2D eigenvalue weighted by Gasteiger charge is -2.25. The van der Waals surface area contributed by atoms with Crippen LogP contribution in [0.1, 0.15) is 15.9 Å². The molecule has 0 spiro atoms. The van der Waals surface area contributed by atoms with Gasteiger partial charge in [0, 0.05) is 15.5 Å². The smallest absolute Gasteiger partial charge is 0.252 e. The summed E-state index contributed by atoms with van der Waals surface area (Å²) >= 11 is 25.1. The van der Waals surface area contributed by atoms with Crippen molar-refractivity contribution >= 4 is 64.1 Å². The van der Waals surface area contributed by atoms with E-state index in [0.29, 0.717) is 10.6 Å². The lowest BCUT2D eigenvalue weighted by Crippen LogP contribution is -2.41. The van der Waals surface area contributed by atoms with Crippen LogP contribution in [-0.2, 0) is 0 Å².